The van der Waals surface area contributed by atoms with Gasteiger partial charge in [0, 0.05) is 18.3 Å². The Morgan fingerprint density at radius 1 is 1.29 bits per heavy atom. The maximum Gasteiger partial charge on any atom is 0.118 e. The molecule has 0 spiro atoms. The first-order chi connectivity index (χ1) is 10.0. The highest BCUT2D eigenvalue weighted by molar-refractivity contribution is 7.99. The highest BCUT2D eigenvalue weighted by Gasteiger charge is 2.20. The maximum absolute atomic E-state index is 5.22. The predicted octanol–water partition coefficient (Wildman–Crippen LogP) is 3.18. The van der Waals surface area contributed by atoms with Gasteiger partial charge in [0.25, 0.3) is 0 Å². The lowest BCUT2D eigenvalue weighted by Crippen LogP contribution is -2.25. The minimum atomic E-state index is 0.274. The summed E-state index contributed by atoms with van der Waals surface area (Å²) in [6, 6.07) is 10.6. The van der Waals surface area contributed by atoms with Gasteiger partial charge in [-0.3, -0.25) is 4.68 Å². The van der Waals surface area contributed by atoms with E-state index in [9.17, 15) is 0 Å². The van der Waals surface area contributed by atoms with Gasteiger partial charge in [0.05, 0.1) is 17.8 Å². The third-order valence-corrected chi connectivity index (χ3v) is 4.79. The molecule has 0 saturated heterocycles. The first-order valence-electron chi connectivity index (χ1n) is 7.03. The third-order valence-electron chi connectivity index (χ3n) is 3.52. The van der Waals surface area contributed by atoms with E-state index in [-0.39, 0.29) is 6.04 Å². The van der Waals surface area contributed by atoms with E-state index in [1.54, 1.807) is 7.11 Å². The largest absolute Gasteiger partial charge is 0.497 e. The molecule has 2 aromatic rings. The Labute approximate surface area is 130 Å². The number of nitrogens with one attached hydrogen (secondary N) is 1. The molecule has 2 rings (SSSR count). The number of nitrogens with zero attached hydrogens (tertiary/aromatic N) is 2. The Hall–Kier alpha value is -1.46. The summed E-state index contributed by atoms with van der Waals surface area (Å²) in [5.41, 5.74) is 2.31. The molecule has 0 bridgehead atoms. The molecule has 1 N–H and O–H groups in total. The van der Waals surface area contributed by atoms with Crippen LogP contribution in [0.3, 0.4) is 0 Å². The van der Waals surface area contributed by atoms with Gasteiger partial charge in [-0.15, -0.1) is 11.8 Å². The van der Waals surface area contributed by atoms with E-state index >= 15 is 0 Å². The third kappa shape index (κ3) is 3.80. The van der Waals surface area contributed by atoms with Crippen molar-refractivity contribution < 1.29 is 4.74 Å². The normalized spacial score (nSPS) is 14.0. The molecule has 114 valence electrons. The van der Waals surface area contributed by atoms with Crippen LogP contribution in [0.5, 0.6) is 5.75 Å². The van der Waals surface area contributed by atoms with Gasteiger partial charge < -0.3 is 10.1 Å². The standard InChI is InChI=1S/C16H23N3OS/c1-11-10-15(19(4)18-11)21-12(2)16(17-3)13-6-8-14(20-5)9-7-13/h6-10,12,16-17H,1-5H3. The summed E-state index contributed by atoms with van der Waals surface area (Å²) in [7, 11) is 5.68. The predicted molar refractivity (Wildman–Crippen MR) is 88.1 cm³/mol. The van der Waals surface area contributed by atoms with Crippen molar-refractivity contribution in [3.05, 3.63) is 41.6 Å². The van der Waals surface area contributed by atoms with Crippen molar-refractivity contribution in [3.63, 3.8) is 0 Å². The van der Waals surface area contributed by atoms with E-state index in [0.717, 1.165) is 11.4 Å². The number of ether oxygens (including phenoxy) is 1. The summed E-state index contributed by atoms with van der Waals surface area (Å²) in [5, 5.41) is 9.39. The van der Waals surface area contributed by atoms with Gasteiger partial charge in [-0.25, -0.2) is 0 Å². The molecule has 2 unspecified atom stereocenters. The summed E-state index contributed by atoms with van der Waals surface area (Å²) in [6.07, 6.45) is 0. The first kappa shape index (κ1) is 15.9. The van der Waals surface area contributed by atoms with Crippen molar-refractivity contribution >= 4 is 11.8 Å². The zero-order valence-corrected chi connectivity index (χ0v) is 14.1. The maximum atomic E-state index is 5.22. The summed E-state index contributed by atoms with van der Waals surface area (Å²) < 4.78 is 7.16. The van der Waals surface area contributed by atoms with Crippen molar-refractivity contribution in [2.75, 3.05) is 14.2 Å². The minimum absolute atomic E-state index is 0.274. The highest BCUT2D eigenvalue weighted by Crippen LogP contribution is 2.32. The molecule has 0 aliphatic heterocycles. The van der Waals surface area contributed by atoms with Crippen LogP contribution in [0.1, 0.15) is 24.2 Å². The van der Waals surface area contributed by atoms with Gasteiger partial charge in [0.1, 0.15) is 5.75 Å². The molecule has 1 aromatic carbocycles. The number of aromatic nitrogens is 2. The van der Waals surface area contributed by atoms with E-state index in [2.05, 4.69) is 35.5 Å². The molecule has 0 aliphatic rings. The van der Waals surface area contributed by atoms with Gasteiger partial charge in [-0.1, -0.05) is 19.1 Å². The summed E-state index contributed by atoms with van der Waals surface area (Å²) in [5.74, 6) is 0.885. The van der Waals surface area contributed by atoms with Crippen LogP contribution in [-0.4, -0.2) is 29.2 Å². The fourth-order valence-corrected chi connectivity index (χ4v) is 3.68. The zero-order chi connectivity index (χ0) is 15.4. The Bertz CT molecular complexity index is 580. The zero-order valence-electron chi connectivity index (χ0n) is 13.3. The quantitative estimate of drug-likeness (QED) is 0.832. The average Bonchev–Trinajstić information content (AvgIpc) is 2.78. The monoisotopic (exact) mass is 305 g/mol. The second-order valence-corrected chi connectivity index (χ2v) is 6.51. The molecule has 2 atom stereocenters. The summed E-state index contributed by atoms with van der Waals surface area (Å²) >= 11 is 1.84. The van der Waals surface area contributed by atoms with Crippen LogP contribution in [0.25, 0.3) is 0 Å². The van der Waals surface area contributed by atoms with Gasteiger partial charge in [0.2, 0.25) is 0 Å². The molecule has 0 saturated carbocycles. The number of aryl methyl sites for hydroxylation is 2. The number of rotatable bonds is 6. The molecular formula is C16H23N3OS. The van der Waals surface area contributed by atoms with Crippen LogP contribution >= 0.6 is 11.8 Å². The number of benzene rings is 1. The van der Waals surface area contributed by atoms with Crippen LogP contribution in [0.4, 0.5) is 0 Å². The first-order valence-corrected chi connectivity index (χ1v) is 7.91. The van der Waals surface area contributed by atoms with Crippen LogP contribution in [0, 0.1) is 6.92 Å². The lowest BCUT2D eigenvalue weighted by molar-refractivity contribution is 0.414. The average molecular weight is 305 g/mol. The van der Waals surface area contributed by atoms with Crippen molar-refractivity contribution in [2.45, 2.75) is 30.2 Å². The molecule has 1 heterocycles. The van der Waals surface area contributed by atoms with Gasteiger partial charge in [-0.2, -0.15) is 5.10 Å². The Balaban J connectivity index is 2.13. The number of hydrogen-bond donors (Lipinski definition) is 1. The van der Waals surface area contributed by atoms with Crippen molar-refractivity contribution in [2.24, 2.45) is 7.05 Å². The second-order valence-electron chi connectivity index (χ2n) is 5.11. The summed E-state index contributed by atoms with van der Waals surface area (Å²) in [4.78, 5) is 0. The van der Waals surface area contributed by atoms with Crippen LogP contribution in [-0.2, 0) is 7.05 Å². The molecule has 0 radical (unpaired) electrons. The van der Waals surface area contributed by atoms with E-state index in [1.165, 1.54) is 10.6 Å². The fraction of sp³-hybridized carbons (Fsp3) is 0.438. The highest BCUT2D eigenvalue weighted by atomic mass is 32.2. The second kappa shape index (κ2) is 7.00. The summed E-state index contributed by atoms with van der Waals surface area (Å²) in [6.45, 7) is 4.26. The van der Waals surface area contributed by atoms with Crippen LogP contribution in [0.15, 0.2) is 35.4 Å². The van der Waals surface area contributed by atoms with E-state index in [4.69, 9.17) is 4.74 Å². The van der Waals surface area contributed by atoms with Crippen molar-refractivity contribution in [1.29, 1.82) is 0 Å². The molecular weight excluding hydrogens is 282 g/mol. The molecule has 0 fully saturated rings. The van der Waals surface area contributed by atoms with Gasteiger partial charge in [0.15, 0.2) is 0 Å². The van der Waals surface area contributed by atoms with Crippen molar-refractivity contribution in [1.82, 2.24) is 15.1 Å². The molecule has 0 aliphatic carbocycles. The molecule has 21 heavy (non-hydrogen) atoms. The topological polar surface area (TPSA) is 39.1 Å². The minimum Gasteiger partial charge on any atom is -0.497 e. The van der Waals surface area contributed by atoms with Crippen LogP contribution in [0.2, 0.25) is 0 Å². The van der Waals surface area contributed by atoms with E-state index in [1.807, 2.05) is 49.6 Å². The van der Waals surface area contributed by atoms with Gasteiger partial charge in [-0.05, 0) is 37.7 Å². The molecule has 4 nitrogen and oxygen atoms in total. The lowest BCUT2D eigenvalue weighted by atomic mass is 10.0. The number of methoxy groups -OCH3 is 1. The van der Waals surface area contributed by atoms with E-state index < -0.39 is 0 Å². The van der Waals surface area contributed by atoms with Crippen molar-refractivity contribution in [3.8, 4) is 5.75 Å². The molecule has 1 aromatic heterocycles. The molecule has 5 heteroatoms. The van der Waals surface area contributed by atoms with Crippen LogP contribution < -0.4 is 10.1 Å². The fourth-order valence-electron chi connectivity index (χ4n) is 2.44. The Morgan fingerprint density at radius 2 is 1.95 bits per heavy atom. The molecule has 0 amide bonds. The van der Waals surface area contributed by atoms with E-state index in [0.29, 0.717) is 5.25 Å². The van der Waals surface area contributed by atoms with Gasteiger partial charge >= 0.3 is 0 Å². The SMILES string of the molecule is CNC(c1ccc(OC)cc1)C(C)Sc1cc(C)nn1C. The Morgan fingerprint density at radius 3 is 2.43 bits per heavy atom. The smallest absolute Gasteiger partial charge is 0.118 e. The lowest BCUT2D eigenvalue weighted by Gasteiger charge is -2.23. The Kier molecular flexibility index (Phi) is 5.31. The number of hydrogen-bond acceptors (Lipinski definition) is 4. The number of thioether (sulfide) groups is 1.